The lowest BCUT2D eigenvalue weighted by Crippen LogP contribution is -2.45. The highest BCUT2D eigenvalue weighted by atomic mass is 35.5. The van der Waals surface area contributed by atoms with Crippen LogP contribution in [0.3, 0.4) is 0 Å². The first-order valence-corrected chi connectivity index (χ1v) is 10.4. The van der Waals surface area contributed by atoms with Crippen LogP contribution < -0.4 is 10.6 Å². The second-order valence-electron chi connectivity index (χ2n) is 5.88. The van der Waals surface area contributed by atoms with Crippen LogP contribution >= 0.6 is 24.2 Å². The van der Waals surface area contributed by atoms with Gasteiger partial charge in [-0.15, -0.1) is 12.4 Å². The summed E-state index contributed by atoms with van der Waals surface area (Å²) in [6.07, 6.45) is 1.42. The first-order valence-electron chi connectivity index (χ1n) is 7.74. The van der Waals surface area contributed by atoms with Crippen LogP contribution in [0, 0.1) is 5.92 Å². The summed E-state index contributed by atoms with van der Waals surface area (Å²) in [5, 5.41) is 6.17. The van der Waals surface area contributed by atoms with Crippen molar-refractivity contribution in [2.24, 2.45) is 5.92 Å². The first-order chi connectivity index (χ1) is 10.9. The van der Waals surface area contributed by atoms with Crippen molar-refractivity contribution in [3.63, 3.8) is 0 Å². The smallest absolute Gasteiger partial charge is 0.350 e. The van der Waals surface area contributed by atoms with E-state index in [1.165, 1.54) is 0 Å². The van der Waals surface area contributed by atoms with Gasteiger partial charge in [0.05, 0.1) is 0 Å². The van der Waals surface area contributed by atoms with E-state index in [0.29, 0.717) is 25.8 Å². The van der Waals surface area contributed by atoms with Crippen LogP contribution in [0.5, 0.6) is 0 Å². The highest BCUT2D eigenvalue weighted by Crippen LogP contribution is 2.22. The molecule has 0 aromatic carbocycles. The van der Waals surface area contributed by atoms with E-state index in [1.807, 2.05) is 11.8 Å². The van der Waals surface area contributed by atoms with Gasteiger partial charge in [-0.3, -0.25) is 4.79 Å². The highest BCUT2D eigenvalue weighted by molar-refractivity contribution is 7.99. The molecule has 24 heavy (non-hydrogen) atoms. The number of halogens is 3. The topological polar surface area (TPSA) is 78.5 Å². The second kappa shape index (κ2) is 10.1. The van der Waals surface area contributed by atoms with Crippen LogP contribution in [-0.4, -0.2) is 68.1 Å². The monoisotopic (exact) mass is 407 g/mol. The maximum Gasteiger partial charge on any atom is 0.350 e. The summed E-state index contributed by atoms with van der Waals surface area (Å²) in [4.78, 5) is 11.9. The number of thioether (sulfide) groups is 1. The number of amides is 1. The number of carbonyl (C=O) groups is 1. The fraction of sp³-hybridized carbons (Fsp3) is 0.923. The minimum absolute atomic E-state index is 0. The van der Waals surface area contributed by atoms with Gasteiger partial charge in [-0.25, -0.2) is 8.42 Å². The lowest BCUT2D eigenvalue weighted by molar-refractivity contribution is -0.121. The molecule has 0 spiro atoms. The molecule has 0 saturated carbocycles. The Morgan fingerprint density at radius 1 is 1.33 bits per heavy atom. The summed E-state index contributed by atoms with van der Waals surface area (Å²) < 4.78 is 48.6. The van der Waals surface area contributed by atoms with E-state index >= 15 is 0 Å². The number of hydrogen-bond acceptors (Lipinski definition) is 5. The molecular formula is C13H24ClF2N3O3S2. The fourth-order valence-corrected chi connectivity index (χ4v) is 4.68. The summed E-state index contributed by atoms with van der Waals surface area (Å²) in [5.41, 5.74) is 0. The largest absolute Gasteiger partial charge is 0.356 e. The Morgan fingerprint density at radius 2 is 2.00 bits per heavy atom. The third kappa shape index (κ3) is 6.29. The van der Waals surface area contributed by atoms with Crippen molar-refractivity contribution in [3.05, 3.63) is 0 Å². The standard InChI is InChI=1S/C13H23F2N3O3S2.ClH/c14-13(15)23(20,21)18-4-1-10(2-5-18)8-17-12(19)7-11-9-22-6-3-16-11;/h10-11,13,16H,1-9H2,(H,17,19);1H. The summed E-state index contributed by atoms with van der Waals surface area (Å²) in [6, 6.07) is 0.201. The van der Waals surface area contributed by atoms with Crippen molar-refractivity contribution >= 4 is 40.1 Å². The van der Waals surface area contributed by atoms with Gasteiger partial charge in [0.15, 0.2) is 0 Å². The van der Waals surface area contributed by atoms with Crippen molar-refractivity contribution in [2.45, 2.75) is 31.1 Å². The van der Waals surface area contributed by atoms with Gasteiger partial charge in [-0.2, -0.15) is 24.8 Å². The van der Waals surface area contributed by atoms with Gasteiger partial charge in [0, 0.05) is 50.1 Å². The quantitative estimate of drug-likeness (QED) is 0.683. The Kier molecular flexibility index (Phi) is 9.21. The van der Waals surface area contributed by atoms with E-state index in [-0.39, 0.29) is 43.4 Å². The minimum Gasteiger partial charge on any atom is -0.356 e. The zero-order valence-corrected chi connectivity index (χ0v) is 15.7. The molecule has 0 aromatic rings. The molecule has 11 heteroatoms. The first kappa shape index (κ1) is 21.9. The Morgan fingerprint density at radius 3 is 2.54 bits per heavy atom. The summed E-state index contributed by atoms with van der Waals surface area (Å²) in [7, 11) is -4.47. The molecule has 2 rings (SSSR count). The molecule has 142 valence electrons. The second-order valence-corrected chi connectivity index (χ2v) is 8.93. The van der Waals surface area contributed by atoms with Crippen LogP contribution in [0.1, 0.15) is 19.3 Å². The molecule has 1 amide bonds. The molecule has 6 nitrogen and oxygen atoms in total. The zero-order valence-electron chi connectivity index (χ0n) is 13.2. The van der Waals surface area contributed by atoms with Gasteiger partial charge in [0.25, 0.3) is 10.0 Å². The fourth-order valence-electron chi connectivity index (χ4n) is 2.79. The number of sulfonamides is 1. The van der Waals surface area contributed by atoms with Gasteiger partial charge in [-0.05, 0) is 18.8 Å². The molecule has 2 aliphatic heterocycles. The molecule has 2 fully saturated rings. The van der Waals surface area contributed by atoms with E-state index in [0.717, 1.165) is 22.4 Å². The molecule has 2 N–H and O–H groups in total. The van der Waals surface area contributed by atoms with Crippen molar-refractivity contribution in [2.75, 3.05) is 37.7 Å². The van der Waals surface area contributed by atoms with Gasteiger partial charge in [0.2, 0.25) is 5.91 Å². The van der Waals surface area contributed by atoms with Crippen LogP contribution in [-0.2, 0) is 14.8 Å². The molecule has 1 unspecified atom stereocenters. The molecular weight excluding hydrogens is 384 g/mol. The number of hydrogen-bond donors (Lipinski definition) is 2. The molecule has 2 heterocycles. The van der Waals surface area contributed by atoms with E-state index in [4.69, 9.17) is 0 Å². The van der Waals surface area contributed by atoms with Crippen molar-refractivity contribution in [1.29, 1.82) is 0 Å². The van der Waals surface area contributed by atoms with E-state index < -0.39 is 15.8 Å². The lowest BCUT2D eigenvalue weighted by atomic mass is 9.98. The Bertz CT molecular complexity index is 497. The molecule has 0 aromatic heterocycles. The zero-order chi connectivity index (χ0) is 16.9. The van der Waals surface area contributed by atoms with E-state index in [1.54, 1.807) is 0 Å². The number of alkyl halides is 2. The Labute approximate surface area is 151 Å². The third-order valence-electron chi connectivity index (χ3n) is 4.18. The molecule has 0 aliphatic carbocycles. The molecule has 0 bridgehead atoms. The number of nitrogens with zero attached hydrogens (tertiary/aromatic N) is 1. The number of piperidine rings is 1. The normalized spacial score (nSPS) is 23.7. The van der Waals surface area contributed by atoms with Crippen molar-refractivity contribution in [3.8, 4) is 0 Å². The van der Waals surface area contributed by atoms with Crippen molar-refractivity contribution in [1.82, 2.24) is 14.9 Å². The van der Waals surface area contributed by atoms with E-state index in [9.17, 15) is 22.0 Å². The highest BCUT2D eigenvalue weighted by Gasteiger charge is 2.34. The SMILES string of the molecule is Cl.O=C(CC1CSCCN1)NCC1CCN(S(=O)(=O)C(F)F)CC1. The summed E-state index contributed by atoms with van der Waals surface area (Å²) in [6.45, 7) is 1.57. The summed E-state index contributed by atoms with van der Waals surface area (Å²) >= 11 is 1.83. The predicted octanol–water partition coefficient (Wildman–Crippen LogP) is 0.884. The van der Waals surface area contributed by atoms with Crippen molar-refractivity contribution < 1.29 is 22.0 Å². The van der Waals surface area contributed by atoms with Crippen LogP contribution in [0.2, 0.25) is 0 Å². The van der Waals surface area contributed by atoms with E-state index in [2.05, 4.69) is 10.6 Å². The van der Waals surface area contributed by atoms with Gasteiger partial charge >= 0.3 is 5.76 Å². The maximum absolute atomic E-state index is 12.5. The number of rotatable bonds is 6. The summed E-state index contributed by atoms with van der Waals surface area (Å²) in [5.74, 6) is -1.25. The average molecular weight is 408 g/mol. The Hall–Kier alpha value is -0.160. The van der Waals surface area contributed by atoms with Crippen LogP contribution in [0.15, 0.2) is 0 Å². The third-order valence-corrected chi connectivity index (χ3v) is 6.84. The minimum atomic E-state index is -4.47. The Balaban J connectivity index is 0.00000288. The van der Waals surface area contributed by atoms with Crippen LogP contribution in [0.25, 0.3) is 0 Å². The van der Waals surface area contributed by atoms with Gasteiger partial charge in [-0.1, -0.05) is 0 Å². The predicted molar refractivity (Wildman–Crippen MR) is 93.2 cm³/mol. The van der Waals surface area contributed by atoms with Crippen LogP contribution in [0.4, 0.5) is 8.78 Å². The maximum atomic E-state index is 12.5. The molecule has 1 atom stereocenters. The van der Waals surface area contributed by atoms with Gasteiger partial charge in [0.1, 0.15) is 0 Å². The molecule has 2 saturated heterocycles. The number of nitrogens with one attached hydrogen (secondary N) is 2. The average Bonchev–Trinajstić information content (AvgIpc) is 2.54. The lowest BCUT2D eigenvalue weighted by Gasteiger charge is -2.31. The number of carbonyl (C=O) groups excluding carboxylic acids is 1. The molecule has 2 aliphatic rings. The molecule has 0 radical (unpaired) electrons. The van der Waals surface area contributed by atoms with Gasteiger partial charge < -0.3 is 10.6 Å².